The maximum absolute atomic E-state index is 12.5. The van der Waals surface area contributed by atoms with Gasteiger partial charge in [0.2, 0.25) is 5.91 Å². The molecule has 1 saturated heterocycles. The van der Waals surface area contributed by atoms with Gasteiger partial charge < -0.3 is 24.3 Å². The van der Waals surface area contributed by atoms with Crippen LogP contribution in [0.4, 0.5) is 11.5 Å². The van der Waals surface area contributed by atoms with Crippen LogP contribution in [0.15, 0.2) is 36.9 Å². The third kappa shape index (κ3) is 5.57. The van der Waals surface area contributed by atoms with E-state index in [9.17, 15) is 10.1 Å². The van der Waals surface area contributed by atoms with Crippen LogP contribution in [-0.2, 0) is 24.1 Å². The number of likely N-dealkylation sites (N-methyl/N-ethyl adjacent to an activating group) is 1. The highest BCUT2D eigenvalue weighted by molar-refractivity contribution is 5.87. The van der Waals surface area contributed by atoms with Crippen molar-refractivity contribution in [1.82, 2.24) is 19.8 Å². The van der Waals surface area contributed by atoms with Crippen LogP contribution in [0.1, 0.15) is 36.6 Å². The number of anilines is 2. The van der Waals surface area contributed by atoms with Crippen molar-refractivity contribution in [2.75, 3.05) is 56.7 Å². The first-order chi connectivity index (χ1) is 18.9. The van der Waals surface area contributed by atoms with E-state index in [2.05, 4.69) is 58.5 Å². The van der Waals surface area contributed by atoms with Crippen molar-refractivity contribution in [3.8, 4) is 12.1 Å². The molecule has 1 fully saturated rings. The zero-order valence-corrected chi connectivity index (χ0v) is 23.3. The molecule has 3 heterocycles. The Morgan fingerprint density at radius 2 is 2.08 bits per heavy atom. The number of hydrogen-bond acceptors (Lipinski definition) is 8. The van der Waals surface area contributed by atoms with Gasteiger partial charge in [-0.25, -0.2) is 0 Å². The summed E-state index contributed by atoms with van der Waals surface area (Å²) in [6.45, 7) is 8.95. The minimum atomic E-state index is -0.212. The highest BCUT2D eigenvalue weighted by Crippen LogP contribution is 2.39. The Morgan fingerprint density at radius 1 is 1.26 bits per heavy atom. The van der Waals surface area contributed by atoms with E-state index in [0.717, 1.165) is 43.7 Å². The highest BCUT2D eigenvalue weighted by Gasteiger charge is 2.37. The smallest absolute Gasteiger partial charge is 0.318 e. The fourth-order valence-corrected chi connectivity index (χ4v) is 6.32. The van der Waals surface area contributed by atoms with Gasteiger partial charge in [0.15, 0.2) is 0 Å². The van der Waals surface area contributed by atoms with Crippen molar-refractivity contribution >= 4 is 17.4 Å². The van der Waals surface area contributed by atoms with Crippen LogP contribution in [0, 0.1) is 11.3 Å². The molecule has 0 spiro atoms. The maximum Gasteiger partial charge on any atom is 0.318 e. The first-order valence-electron chi connectivity index (χ1n) is 14.0. The van der Waals surface area contributed by atoms with Gasteiger partial charge in [0.05, 0.1) is 24.2 Å². The number of rotatable bonds is 8. The molecule has 0 unspecified atom stereocenters. The van der Waals surface area contributed by atoms with Crippen molar-refractivity contribution < 1.29 is 9.53 Å². The van der Waals surface area contributed by atoms with Crippen LogP contribution in [0.2, 0.25) is 0 Å². The van der Waals surface area contributed by atoms with Crippen LogP contribution in [0.3, 0.4) is 0 Å². The summed E-state index contributed by atoms with van der Waals surface area (Å²) in [7, 11) is 4.03. The van der Waals surface area contributed by atoms with Crippen molar-refractivity contribution in [2.24, 2.45) is 0 Å². The molecule has 3 atom stereocenters. The number of nitriles is 1. The lowest BCUT2D eigenvalue weighted by molar-refractivity contribution is -0.128. The average Bonchev–Trinajstić information content (AvgIpc) is 3.27. The Hall–Kier alpha value is -3.64. The third-order valence-electron chi connectivity index (χ3n) is 8.20. The van der Waals surface area contributed by atoms with E-state index in [4.69, 9.17) is 14.7 Å². The molecular formula is C30H39N7O2. The van der Waals surface area contributed by atoms with Gasteiger partial charge in [0.25, 0.3) is 0 Å². The molecule has 1 aromatic heterocycles. The van der Waals surface area contributed by atoms with Crippen LogP contribution in [0.5, 0.6) is 6.01 Å². The van der Waals surface area contributed by atoms with Gasteiger partial charge >= 0.3 is 6.01 Å². The van der Waals surface area contributed by atoms with Crippen molar-refractivity contribution in [3.05, 3.63) is 53.7 Å². The normalized spacial score (nSPS) is 22.3. The highest BCUT2D eigenvalue weighted by atomic mass is 16.5. The van der Waals surface area contributed by atoms with E-state index in [1.54, 1.807) is 4.90 Å². The summed E-state index contributed by atoms with van der Waals surface area (Å²) in [5.41, 5.74) is 4.99. The van der Waals surface area contributed by atoms with Crippen molar-refractivity contribution in [1.29, 1.82) is 5.26 Å². The van der Waals surface area contributed by atoms with Gasteiger partial charge in [-0.05, 0) is 58.0 Å². The maximum atomic E-state index is 12.5. The fraction of sp³-hybridized carbons (Fsp3) is 0.533. The lowest BCUT2D eigenvalue weighted by Gasteiger charge is -2.42. The van der Waals surface area contributed by atoms with Crippen LogP contribution in [-0.4, -0.2) is 90.7 Å². The number of carbonyl (C=O) groups excluding carboxylic acids is 1. The number of aromatic nitrogens is 2. The van der Waals surface area contributed by atoms with Crippen LogP contribution < -0.4 is 14.5 Å². The van der Waals surface area contributed by atoms with Gasteiger partial charge in [-0.3, -0.25) is 4.79 Å². The summed E-state index contributed by atoms with van der Waals surface area (Å²) in [4.78, 5) is 31.0. The summed E-state index contributed by atoms with van der Waals surface area (Å²) in [6, 6.07) is 12.0. The molecule has 2 aliphatic heterocycles. The quantitative estimate of drug-likeness (QED) is 0.483. The van der Waals surface area contributed by atoms with E-state index in [0.29, 0.717) is 44.3 Å². The number of ether oxygens (including phenoxy) is 1. The summed E-state index contributed by atoms with van der Waals surface area (Å²) in [5.74, 6) is 0.761. The zero-order valence-electron chi connectivity index (χ0n) is 23.3. The first kappa shape index (κ1) is 26.9. The molecule has 1 amide bonds. The molecule has 2 aromatic rings. The lowest BCUT2D eigenvalue weighted by Crippen LogP contribution is -2.55. The second kappa shape index (κ2) is 11.6. The van der Waals surface area contributed by atoms with Gasteiger partial charge in [-0.15, -0.1) is 0 Å². The van der Waals surface area contributed by atoms with Gasteiger partial charge in [-0.1, -0.05) is 24.8 Å². The van der Waals surface area contributed by atoms with Gasteiger partial charge in [0, 0.05) is 55.9 Å². The molecular weight excluding hydrogens is 490 g/mol. The molecule has 9 heteroatoms. The van der Waals surface area contributed by atoms with Gasteiger partial charge in [-0.2, -0.15) is 15.2 Å². The SMILES string of the molecule is C=CC(=O)N1CCN(c2nc(OCCN(C)C)nc3c2CC[C@H](N2c4ccccc4C[C@@H]2C)C3)C[C@@H]1CC#N. The Kier molecular flexibility index (Phi) is 8.03. The molecule has 1 aliphatic carbocycles. The van der Waals surface area contributed by atoms with E-state index in [1.807, 2.05) is 14.1 Å². The van der Waals surface area contributed by atoms with Gasteiger partial charge in [0.1, 0.15) is 12.4 Å². The minimum Gasteiger partial charge on any atom is -0.462 e. The summed E-state index contributed by atoms with van der Waals surface area (Å²) < 4.78 is 6.07. The Balaban J connectivity index is 1.45. The number of carbonyl (C=O) groups is 1. The monoisotopic (exact) mass is 529 g/mol. The molecule has 1 aromatic carbocycles. The van der Waals surface area contributed by atoms with Crippen LogP contribution >= 0.6 is 0 Å². The number of para-hydroxylation sites is 1. The fourth-order valence-electron chi connectivity index (χ4n) is 6.32. The number of nitrogens with zero attached hydrogens (tertiary/aromatic N) is 7. The summed E-state index contributed by atoms with van der Waals surface area (Å²) in [6.07, 6.45) is 5.42. The predicted molar refractivity (Wildman–Crippen MR) is 152 cm³/mol. The number of amides is 1. The van der Waals surface area contributed by atoms with Crippen molar-refractivity contribution in [3.63, 3.8) is 0 Å². The summed E-state index contributed by atoms with van der Waals surface area (Å²) in [5, 5.41) is 9.46. The molecule has 0 radical (unpaired) electrons. The molecule has 39 heavy (non-hydrogen) atoms. The standard InChI is InChI=1S/C30H39N7O2/c1-5-28(38)36-15-14-35(20-24(36)12-13-31)29-25-11-10-23(37-21(2)18-22-8-6-7-9-27(22)37)19-26(25)32-30(33-29)39-17-16-34(3)4/h5-9,21,23-24H,1,10-12,14-20H2,2-4H3/t21-,23-,24-/m0/s1. The number of benzene rings is 1. The molecule has 206 valence electrons. The second-order valence-electron chi connectivity index (χ2n) is 11.1. The predicted octanol–water partition coefficient (Wildman–Crippen LogP) is 2.84. The largest absolute Gasteiger partial charge is 0.462 e. The number of fused-ring (bicyclic) bond motifs is 2. The number of piperazine rings is 1. The molecule has 0 bridgehead atoms. The third-order valence-corrected chi connectivity index (χ3v) is 8.20. The first-order valence-corrected chi connectivity index (χ1v) is 14.0. The number of hydrogen-bond donors (Lipinski definition) is 0. The Bertz CT molecular complexity index is 1260. The van der Waals surface area contributed by atoms with Crippen LogP contribution in [0.25, 0.3) is 0 Å². The minimum absolute atomic E-state index is 0.129. The topological polar surface area (TPSA) is 88.8 Å². The van der Waals surface area contributed by atoms with E-state index >= 15 is 0 Å². The molecule has 0 saturated carbocycles. The van der Waals surface area contributed by atoms with E-state index in [-0.39, 0.29) is 18.4 Å². The lowest BCUT2D eigenvalue weighted by atomic mass is 9.90. The van der Waals surface area contributed by atoms with E-state index in [1.165, 1.54) is 22.9 Å². The van der Waals surface area contributed by atoms with Crippen molar-refractivity contribution in [2.45, 2.75) is 57.2 Å². The molecule has 5 rings (SSSR count). The van der Waals surface area contributed by atoms with E-state index < -0.39 is 0 Å². The Morgan fingerprint density at radius 3 is 2.85 bits per heavy atom. The Labute approximate surface area is 231 Å². The summed E-state index contributed by atoms with van der Waals surface area (Å²) >= 11 is 0. The molecule has 3 aliphatic rings. The molecule has 0 N–H and O–H groups in total. The zero-order chi connectivity index (χ0) is 27.5. The second-order valence-corrected chi connectivity index (χ2v) is 11.1. The molecule has 9 nitrogen and oxygen atoms in total. The average molecular weight is 530 g/mol.